The fourth-order valence-electron chi connectivity index (χ4n) is 1.56. The highest BCUT2D eigenvalue weighted by molar-refractivity contribution is 4.93. The molecule has 1 aliphatic rings. The Labute approximate surface area is 68.1 Å². The summed E-state index contributed by atoms with van der Waals surface area (Å²) < 4.78 is 0. The second-order valence-electron chi connectivity index (χ2n) is 3.39. The Morgan fingerprint density at radius 2 is 2.27 bits per heavy atom. The first-order chi connectivity index (χ1) is 5.22. The highest BCUT2D eigenvalue weighted by Gasteiger charge is 2.21. The maximum atomic E-state index is 9.59. The second-order valence-corrected chi connectivity index (χ2v) is 3.39. The van der Waals surface area contributed by atoms with E-state index < -0.39 is 0 Å². The van der Waals surface area contributed by atoms with Gasteiger partial charge in [-0.05, 0) is 32.1 Å². The third kappa shape index (κ3) is 2.31. The van der Waals surface area contributed by atoms with Gasteiger partial charge in [-0.15, -0.1) is 0 Å². The smallest absolute Gasteiger partial charge is 0.0719 e. The molecule has 3 N–H and O–H groups in total. The molecule has 3 unspecified atom stereocenters. The van der Waals surface area contributed by atoms with Crippen LogP contribution < -0.4 is 5.73 Å². The number of nitrogens with two attached hydrogens (primary N) is 1. The summed E-state index contributed by atoms with van der Waals surface area (Å²) in [6, 6.07) is -0.0912. The van der Waals surface area contributed by atoms with Gasteiger partial charge in [0, 0.05) is 6.04 Å². The minimum absolute atomic E-state index is 0.0912. The van der Waals surface area contributed by atoms with E-state index in [9.17, 15) is 5.11 Å². The van der Waals surface area contributed by atoms with Gasteiger partial charge in [0.25, 0.3) is 0 Å². The lowest BCUT2D eigenvalue weighted by Gasteiger charge is -2.26. The van der Waals surface area contributed by atoms with Crippen LogP contribution in [-0.4, -0.2) is 17.3 Å². The van der Waals surface area contributed by atoms with E-state index in [-0.39, 0.29) is 12.1 Å². The summed E-state index contributed by atoms with van der Waals surface area (Å²) >= 11 is 0. The van der Waals surface area contributed by atoms with Gasteiger partial charge in [0.1, 0.15) is 0 Å². The highest BCUT2D eigenvalue weighted by Crippen LogP contribution is 2.22. The fraction of sp³-hybridized carbons (Fsp3) is 0.778. The maximum Gasteiger partial charge on any atom is 0.0719 e. The first kappa shape index (κ1) is 8.75. The molecule has 0 fully saturated rings. The lowest BCUT2D eigenvalue weighted by molar-refractivity contribution is 0.0823. The molecule has 3 atom stereocenters. The van der Waals surface area contributed by atoms with Crippen molar-refractivity contribution in [3.8, 4) is 0 Å². The van der Waals surface area contributed by atoms with Crippen molar-refractivity contribution >= 4 is 0 Å². The molecule has 11 heavy (non-hydrogen) atoms. The molecule has 1 rings (SSSR count). The van der Waals surface area contributed by atoms with Crippen molar-refractivity contribution in [3.05, 3.63) is 12.2 Å². The van der Waals surface area contributed by atoms with Crippen LogP contribution in [0.2, 0.25) is 0 Å². The van der Waals surface area contributed by atoms with E-state index in [4.69, 9.17) is 5.73 Å². The Bertz CT molecular complexity index is 142. The van der Waals surface area contributed by atoms with Crippen molar-refractivity contribution in [2.75, 3.05) is 0 Å². The molecule has 2 nitrogen and oxygen atoms in total. The number of aliphatic hydroxyl groups excluding tert-OH is 1. The van der Waals surface area contributed by atoms with Crippen molar-refractivity contribution < 1.29 is 5.11 Å². The summed E-state index contributed by atoms with van der Waals surface area (Å²) in [5, 5.41) is 9.59. The molecule has 2 heteroatoms. The molecule has 0 aromatic carbocycles. The summed E-state index contributed by atoms with van der Waals surface area (Å²) in [4.78, 5) is 0. The van der Waals surface area contributed by atoms with Crippen LogP contribution in [0, 0.1) is 5.92 Å². The van der Waals surface area contributed by atoms with Crippen LogP contribution in [-0.2, 0) is 0 Å². The van der Waals surface area contributed by atoms with Crippen LogP contribution in [0.1, 0.15) is 26.2 Å². The molecule has 0 spiro atoms. The van der Waals surface area contributed by atoms with Crippen LogP contribution in [0.5, 0.6) is 0 Å². The molecule has 0 radical (unpaired) electrons. The third-order valence-corrected chi connectivity index (χ3v) is 2.33. The van der Waals surface area contributed by atoms with Gasteiger partial charge < -0.3 is 10.8 Å². The molecule has 0 aromatic rings. The molecular weight excluding hydrogens is 138 g/mol. The van der Waals surface area contributed by atoms with Gasteiger partial charge >= 0.3 is 0 Å². The van der Waals surface area contributed by atoms with E-state index in [1.54, 1.807) is 0 Å². The van der Waals surface area contributed by atoms with Gasteiger partial charge in [-0.3, -0.25) is 0 Å². The summed E-state index contributed by atoms with van der Waals surface area (Å²) in [7, 11) is 0. The Morgan fingerprint density at radius 1 is 1.55 bits per heavy atom. The number of hydrogen-bond donors (Lipinski definition) is 2. The van der Waals surface area contributed by atoms with E-state index in [2.05, 4.69) is 12.2 Å². The number of hydrogen-bond acceptors (Lipinski definition) is 2. The predicted molar refractivity (Wildman–Crippen MR) is 46.1 cm³/mol. The lowest BCUT2D eigenvalue weighted by atomic mass is 9.87. The van der Waals surface area contributed by atoms with Crippen LogP contribution in [0.15, 0.2) is 12.2 Å². The largest absolute Gasteiger partial charge is 0.391 e. The van der Waals surface area contributed by atoms with E-state index >= 15 is 0 Å². The predicted octanol–water partition coefficient (Wildman–Crippen LogP) is 1.05. The standard InChI is InChI=1S/C9H17NO/c1-7(10)9(11)8-5-3-2-4-6-8/h2-3,7-9,11H,4-6,10H2,1H3. The highest BCUT2D eigenvalue weighted by atomic mass is 16.3. The number of rotatable bonds is 2. The monoisotopic (exact) mass is 155 g/mol. The van der Waals surface area contributed by atoms with Crippen LogP contribution in [0.25, 0.3) is 0 Å². The van der Waals surface area contributed by atoms with Crippen molar-refractivity contribution in [3.63, 3.8) is 0 Å². The average Bonchev–Trinajstić information content (AvgIpc) is 2.05. The van der Waals surface area contributed by atoms with Crippen molar-refractivity contribution in [1.29, 1.82) is 0 Å². The Hall–Kier alpha value is -0.340. The molecule has 64 valence electrons. The quantitative estimate of drug-likeness (QED) is 0.585. The molecule has 0 bridgehead atoms. The Kier molecular flexibility index (Phi) is 3.09. The summed E-state index contributed by atoms with van der Waals surface area (Å²) in [6.07, 6.45) is 7.15. The summed E-state index contributed by atoms with van der Waals surface area (Å²) in [6.45, 7) is 1.86. The normalized spacial score (nSPS) is 29.9. The topological polar surface area (TPSA) is 46.2 Å². The van der Waals surface area contributed by atoms with Crippen LogP contribution >= 0.6 is 0 Å². The SMILES string of the molecule is CC(N)C(O)C1CC=CCC1. The minimum atomic E-state index is -0.319. The van der Waals surface area contributed by atoms with Gasteiger partial charge in [0.05, 0.1) is 6.10 Å². The number of aliphatic hydroxyl groups is 1. The molecule has 1 aliphatic carbocycles. The first-order valence-electron chi connectivity index (χ1n) is 4.30. The molecule has 0 saturated carbocycles. The van der Waals surface area contributed by atoms with E-state index in [1.807, 2.05) is 6.92 Å². The fourth-order valence-corrected chi connectivity index (χ4v) is 1.56. The zero-order chi connectivity index (χ0) is 8.27. The average molecular weight is 155 g/mol. The summed E-state index contributed by atoms with van der Waals surface area (Å²) in [5.41, 5.74) is 5.59. The zero-order valence-electron chi connectivity index (χ0n) is 7.03. The second kappa shape index (κ2) is 3.88. The van der Waals surface area contributed by atoms with Crippen molar-refractivity contribution in [2.45, 2.75) is 38.3 Å². The minimum Gasteiger partial charge on any atom is -0.391 e. The van der Waals surface area contributed by atoms with Gasteiger partial charge in [0.2, 0.25) is 0 Å². The molecule has 0 aromatic heterocycles. The van der Waals surface area contributed by atoms with E-state index in [0.29, 0.717) is 5.92 Å². The van der Waals surface area contributed by atoms with E-state index in [0.717, 1.165) is 19.3 Å². The Morgan fingerprint density at radius 3 is 2.73 bits per heavy atom. The lowest BCUT2D eigenvalue weighted by Crippen LogP contribution is -2.37. The molecule has 0 heterocycles. The molecule has 0 amide bonds. The van der Waals surface area contributed by atoms with Gasteiger partial charge in [0.15, 0.2) is 0 Å². The molecule has 0 aliphatic heterocycles. The maximum absolute atomic E-state index is 9.59. The molecular formula is C9H17NO. The van der Waals surface area contributed by atoms with E-state index in [1.165, 1.54) is 0 Å². The van der Waals surface area contributed by atoms with Gasteiger partial charge in [-0.2, -0.15) is 0 Å². The van der Waals surface area contributed by atoms with Gasteiger partial charge in [-0.1, -0.05) is 12.2 Å². The number of allylic oxidation sites excluding steroid dienone is 2. The first-order valence-corrected chi connectivity index (χ1v) is 4.30. The van der Waals surface area contributed by atoms with Crippen molar-refractivity contribution in [1.82, 2.24) is 0 Å². The third-order valence-electron chi connectivity index (χ3n) is 2.33. The van der Waals surface area contributed by atoms with Gasteiger partial charge in [-0.25, -0.2) is 0 Å². The summed E-state index contributed by atoms with van der Waals surface area (Å²) in [5.74, 6) is 0.389. The van der Waals surface area contributed by atoms with Crippen LogP contribution in [0.4, 0.5) is 0 Å². The Balaban J connectivity index is 2.40. The van der Waals surface area contributed by atoms with Crippen LogP contribution in [0.3, 0.4) is 0 Å². The van der Waals surface area contributed by atoms with Crippen molar-refractivity contribution in [2.24, 2.45) is 11.7 Å². The molecule has 0 saturated heterocycles. The zero-order valence-corrected chi connectivity index (χ0v) is 7.03.